The molecule has 0 bridgehead atoms. The number of carbonyl (C=O) groups is 2. The minimum atomic E-state index is -0.798. The zero-order chi connectivity index (χ0) is 12.1. The van der Waals surface area contributed by atoms with Crippen molar-refractivity contribution >= 4 is 34.9 Å². The van der Waals surface area contributed by atoms with E-state index in [-0.39, 0.29) is 5.25 Å². The monoisotopic (exact) mass is 256 g/mol. The van der Waals surface area contributed by atoms with E-state index in [2.05, 4.69) is 0 Å². The second-order valence-electron chi connectivity index (χ2n) is 3.56. The zero-order valence-electron chi connectivity index (χ0n) is 9.14. The van der Waals surface area contributed by atoms with Crippen molar-refractivity contribution in [2.45, 2.75) is 23.8 Å². The Labute approximate surface area is 104 Å². The summed E-state index contributed by atoms with van der Waals surface area (Å²) in [6.45, 7) is 3.86. The van der Waals surface area contributed by atoms with Crippen molar-refractivity contribution in [3.05, 3.63) is 35.9 Å². The van der Waals surface area contributed by atoms with Crippen LogP contribution < -0.4 is 0 Å². The fourth-order valence-corrected chi connectivity index (χ4v) is 2.56. The van der Waals surface area contributed by atoms with E-state index >= 15 is 0 Å². The third kappa shape index (κ3) is 3.65. The number of alkyl halides is 1. The number of thioether (sulfide) groups is 1. The van der Waals surface area contributed by atoms with Crippen LogP contribution in [0.15, 0.2) is 30.3 Å². The first kappa shape index (κ1) is 13.3. The zero-order valence-corrected chi connectivity index (χ0v) is 10.7. The molecule has 86 valence electrons. The van der Waals surface area contributed by atoms with Gasteiger partial charge in [0.25, 0.3) is 0 Å². The van der Waals surface area contributed by atoms with Crippen LogP contribution in [0.1, 0.15) is 24.2 Å². The number of benzene rings is 1. The summed E-state index contributed by atoms with van der Waals surface area (Å²) in [4.78, 5) is 23.4. The minimum Gasteiger partial charge on any atom is -0.288 e. The van der Waals surface area contributed by atoms with Crippen molar-refractivity contribution < 1.29 is 9.59 Å². The molecule has 2 nitrogen and oxygen atoms in total. The van der Waals surface area contributed by atoms with E-state index in [4.69, 9.17) is 11.6 Å². The molecule has 0 saturated heterocycles. The molecule has 4 heteroatoms. The maximum absolute atomic E-state index is 11.7. The lowest BCUT2D eigenvalue weighted by atomic mass is 10.1. The molecule has 1 unspecified atom stereocenters. The van der Waals surface area contributed by atoms with Crippen molar-refractivity contribution in [3.8, 4) is 0 Å². The second kappa shape index (κ2) is 6.06. The lowest BCUT2D eigenvalue weighted by Crippen LogP contribution is -2.23. The van der Waals surface area contributed by atoms with Gasteiger partial charge in [-0.1, -0.05) is 44.2 Å². The molecule has 0 fully saturated rings. The van der Waals surface area contributed by atoms with Gasteiger partial charge in [-0.15, -0.1) is 23.4 Å². The molecule has 0 heterocycles. The van der Waals surface area contributed by atoms with Crippen molar-refractivity contribution in [3.63, 3.8) is 0 Å². The Kier molecular flexibility index (Phi) is 5.03. The van der Waals surface area contributed by atoms with Crippen LogP contribution in [-0.4, -0.2) is 21.5 Å². The predicted octanol–water partition coefficient (Wildman–Crippen LogP) is 3.14. The summed E-state index contributed by atoms with van der Waals surface area (Å²) in [5.41, 5.74) is 0.391. The summed E-state index contributed by atoms with van der Waals surface area (Å²) in [6, 6.07) is 8.47. The first-order valence-corrected chi connectivity index (χ1v) is 6.33. The van der Waals surface area contributed by atoms with Crippen LogP contribution in [0.25, 0.3) is 0 Å². The molecule has 1 rings (SSSR count). The van der Waals surface area contributed by atoms with Gasteiger partial charge in [0.1, 0.15) is 4.71 Å². The van der Waals surface area contributed by atoms with Gasteiger partial charge in [-0.05, 0) is 0 Å². The first-order chi connectivity index (χ1) is 7.52. The SMILES string of the molecule is CC(C)SC(Cl)C(=O)C(=O)c1ccccc1. The average molecular weight is 257 g/mol. The molecular weight excluding hydrogens is 244 g/mol. The van der Waals surface area contributed by atoms with Gasteiger partial charge in [-0.3, -0.25) is 9.59 Å². The largest absolute Gasteiger partial charge is 0.288 e. The highest BCUT2D eigenvalue weighted by Crippen LogP contribution is 2.22. The topological polar surface area (TPSA) is 34.1 Å². The van der Waals surface area contributed by atoms with Gasteiger partial charge in [0.2, 0.25) is 11.6 Å². The second-order valence-corrected chi connectivity index (χ2v) is 5.94. The van der Waals surface area contributed by atoms with Crippen LogP contribution >= 0.6 is 23.4 Å². The van der Waals surface area contributed by atoms with Crippen molar-refractivity contribution in [2.75, 3.05) is 0 Å². The van der Waals surface area contributed by atoms with E-state index in [1.807, 2.05) is 13.8 Å². The molecule has 0 spiro atoms. The van der Waals surface area contributed by atoms with Crippen LogP contribution in [0.2, 0.25) is 0 Å². The molecule has 0 saturated carbocycles. The van der Waals surface area contributed by atoms with Gasteiger partial charge in [0.05, 0.1) is 0 Å². The molecule has 0 N–H and O–H groups in total. The number of halogens is 1. The van der Waals surface area contributed by atoms with Crippen LogP contribution in [0, 0.1) is 0 Å². The standard InChI is InChI=1S/C12H13ClO2S/c1-8(2)16-12(13)11(15)10(14)9-6-4-3-5-7-9/h3-8,12H,1-2H3. The molecule has 1 aromatic carbocycles. The van der Waals surface area contributed by atoms with E-state index in [1.165, 1.54) is 11.8 Å². The maximum atomic E-state index is 11.7. The summed E-state index contributed by atoms with van der Waals surface area (Å²) in [5, 5.41) is 0.218. The number of carbonyl (C=O) groups excluding carboxylic acids is 2. The lowest BCUT2D eigenvalue weighted by Gasteiger charge is -2.09. The molecule has 0 aliphatic heterocycles. The van der Waals surface area contributed by atoms with Gasteiger partial charge in [-0.25, -0.2) is 0 Å². The van der Waals surface area contributed by atoms with Gasteiger partial charge < -0.3 is 0 Å². The third-order valence-electron chi connectivity index (χ3n) is 1.86. The molecule has 0 aromatic heterocycles. The molecule has 0 aliphatic rings. The highest BCUT2D eigenvalue weighted by atomic mass is 35.5. The Morgan fingerprint density at radius 2 is 1.75 bits per heavy atom. The van der Waals surface area contributed by atoms with E-state index in [1.54, 1.807) is 30.3 Å². The minimum absolute atomic E-state index is 0.218. The lowest BCUT2D eigenvalue weighted by molar-refractivity contribution is -0.113. The number of rotatable bonds is 5. The Hall–Kier alpha value is -0.800. The summed E-state index contributed by atoms with van der Waals surface area (Å²) in [6.07, 6.45) is 0. The highest BCUT2D eigenvalue weighted by Gasteiger charge is 2.25. The van der Waals surface area contributed by atoms with Crippen LogP contribution in [0.4, 0.5) is 0 Å². The maximum Gasteiger partial charge on any atom is 0.231 e. The van der Waals surface area contributed by atoms with Crippen molar-refractivity contribution in [2.24, 2.45) is 0 Å². The van der Waals surface area contributed by atoms with Crippen LogP contribution in [0.3, 0.4) is 0 Å². The number of ketones is 2. The van der Waals surface area contributed by atoms with E-state index in [0.29, 0.717) is 5.56 Å². The molecule has 0 amide bonds. The van der Waals surface area contributed by atoms with E-state index in [9.17, 15) is 9.59 Å². The van der Waals surface area contributed by atoms with E-state index < -0.39 is 16.3 Å². The molecular formula is C12H13ClO2S. The fourth-order valence-electron chi connectivity index (χ4n) is 1.14. The Balaban J connectivity index is 2.72. The summed E-state index contributed by atoms with van der Waals surface area (Å²) in [7, 11) is 0. The normalized spacial score (nSPS) is 12.5. The fraction of sp³-hybridized carbons (Fsp3) is 0.333. The van der Waals surface area contributed by atoms with Gasteiger partial charge in [0.15, 0.2) is 0 Å². The molecule has 0 radical (unpaired) electrons. The Bertz CT molecular complexity index is 376. The molecule has 0 aliphatic carbocycles. The number of Topliss-reactive ketones (excluding diaryl/α,β-unsaturated/α-hetero) is 2. The predicted molar refractivity (Wildman–Crippen MR) is 68.1 cm³/mol. The summed E-state index contributed by atoms with van der Waals surface area (Å²) >= 11 is 7.14. The molecule has 16 heavy (non-hydrogen) atoms. The number of hydrogen-bond acceptors (Lipinski definition) is 3. The van der Waals surface area contributed by atoms with Gasteiger partial charge in [-0.2, -0.15) is 0 Å². The van der Waals surface area contributed by atoms with Crippen molar-refractivity contribution in [1.29, 1.82) is 0 Å². The highest BCUT2D eigenvalue weighted by molar-refractivity contribution is 8.02. The van der Waals surface area contributed by atoms with Gasteiger partial charge in [0, 0.05) is 10.8 Å². The quantitative estimate of drug-likeness (QED) is 0.461. The Morgan fingerprint density at radius 3 is 2.25 bits per heavy atom. The van der Waals surface area contributed by atoms with Gasteiger partial charge >= 0.3 is 0 Å². The third-order valence-corrected chi connectivity index (χ3v) is 3.36. The molecule has 1 atom stereocenters. The summed E-state index contributed by atoms with van der Waals surface area (Å²) in [5.74, 6) is -1.07. The number of hydrogen-bond donors (Lipinski definition) is 0. The van der Waals surface area contributed by atoms with Crippen LogP contribution in [0.5, 0.6) is 0 Å². The smallest absolute Gasteiger partial charge is 0.231 e. The van der Waals surface area contributed by atoms with Crippen LogP contribution in [-0.2, 0) is 4.79 Å². The Morgan fingerprint density at radius 1 is 1.19 bits per heavy atom. The van der Waals surface area contributed by atoms with Crippen molar-refractivity contribution in [1.82, 2.24) is 0 Å². The average Bonchev–Trinajstić information content (AvgIpc) is 2.27. The summed E-state index contributed by atoms with van der Waals surface area (Å²) < 4.78 is -0.798. The molecule has 1 aromatic rings. The van der Waals surface area contributed by atoms with E-state index in [0.717, 1.165) is 0 Å². The first-order valence-electron chi connectivity index (χ1n) is 4.95.